The van der Waals surface area contributed by atoms with Crippen LogP contribution in [0.2, 0.25) is 0 Å². The Hall–Kier alpha value is -1.57. The summed E-state index contributed by atoms with van der Waals surface area (Å²) in [5.41, 5.74) is 2.01. The molecule has 102 valence electrons. The first-order valence-electron chi connectivity index (χ1n) is 6.88. The summed E-state index contributed by atoms with van der Waals surface area (Å²) in [5, 5.41) is 21.8. The van der Waals surface area contributed by atoms with Crippen LogP contribution in [0.4, 0.5) is 5.69 Å². The largest absolute Gasteiger partial charge is 0.390 e. The maximum Gasteiger partial charge on any atom is 0.0839 e. The van der Waals surface area contributed by atoms with Gasteiger partial charge in [0.15, 0.2) is 0 Å². The molecule has 0 radical (unpaired) electrons. The van der Waals surface area contributed by atoms with Gasteiger partial charge in [0, 0.05) is 18.8 Å². The summed E-state index contributed by atoms with van der Waals surface area (Å²) in [5.74, 6) is 0. The molecule has 0 amide bonds. The quantitative estimate of drug-likeness (QED) is 0.815. The number of rotatable bonds is 6. The van der Waals surface area contributed by atoms with Gasteiger partial charge in [0.25, 0.3) is 0 Å². The highest BCUT2D eigenvalue weighted by Crippen LogP contribution is 2.11. The summed E-state index contributed by atoms with van der Waals surface area (Å²) in [6.45, 7) is 3.54. The molecule has 0 spiro atoms. The molecule has 1 heterocycles. The summed E-state index contributed by atoms with van der Waals surface area (Å²) in [6, 6.07) is 9.92. The van der Waals surface area contributed by atoms with E-state index in [0.29, 0.717) is 13.0 Å². The second-order valence-electron chi connectivity index (χ2n) is 5.07. The number of nitrogens with zero attached hydrogens (tertiary/aromatic N) is 2. The third kappa shape index (κ3) is 4.55. The van der Waals surface area contributed by atoms with E-state index >= 15 is 0 Å². The van der Waals surface area contributed by atoms with Gasteiger partial charge in [-0.3, -0.25) is 0 Å². The highest BCUT2D eigenvalue weighted by atomic mass is 16.3. The van der Waals surface area contributed by atoms with E-state index in [4.69, 9.17) is 5.26 Å². The van der Waals surface area contributed by atoms with E-state index in [9.17, 15) is 5.11 Å². The van der Waals surface area contributed by atoms with E-state index in [1.807, 2.05) is 24.3 Å². The fourth-order valence-corrected chi connectivity index (χ4v) is 2.40. The lowest BCUT2D eigenvalue weighted by molar-refractivity contribution is 0.135. The van der Waals surface area contributed by atoms with E-state index in [-0.39, 0.29) is 6.10 Å². The molecule has 1 saturated heterocycles. The summed E-state index contributed by atoms with van der Waals surface area (Å²) >= 11 is 0. The van der Waals surface area contributed by atoms with E-state index in [1.165, 1.54) is 12.8 Å². The number of hydrogen-bond donors (Lipinski definition) is 2. The van der Waals surface area contributed by atoms with Crippen molar-refractivity contribution in [3.05, 3.63) is 29.8 Å². The average molecular weight is 259 g/mol. The zero-order chi connectivity index (χ0) is 13.5. The van der Waals surface area contributed by atoms with Crippen LogP contribution in [0, 0.1) is 11.3 Å². The average Bonchev–Trinajstić information content (AvgIpc) is 2.91. The lowest BCUT2D eigenvalue weighted by Crippen LogP contribution is -2.34. The first-order chi connectivity index (χ1) is 9.28. The van der Waals surface area contributed by atoms with Crippen molar-refractivity contribution in [2.45, 2.75) is 25.4 Å². The molecule has 1 aliphatic rings. The van der Waals surface area contributed by atoms with Crippen LogP contribution >= 0.6 is 0 Å². The first-order valence-corrected chi connectivity index (χ1v) is 6.88. The molecule has 19 heavy (non-hydrogen) atoms. The van der Waals surface area contributed by atoms with Crippen molar-refractivity contribution in [1.29, 1.82) is 5.26 Å². The number of anilines is 1. The van der Waals surface area contributed by atoms with Gasteiger partial charge in [0.1, 0.15) is 0 Å². The number of nitriles is 1. The molecule has 2 rings (SSSR count). The Bertz CT molecular complexity index is 418. The minimum atomic E-state index is -0.336. The van der Waals surface area contributed by atoms with Gasteiger partial charge in [-0.05, 0) is 43.6 Å². The monoisotopic (exact) mass is 259 g/mol. The van der Waals surface area contributed by atoms with Crippen molar-refractivity contribution in [2.75, 3.05) is 31.5 Å². The van der Waals surface area contributed by atoms with Crippen molar-refractivity contribution in [3.8, 4) is 6.07 Å². The van der Waals surface area contributed by atoms with Crippen LogP contribution < -0.4 is 5.32 Å². The summed E-state index contributed by atoms with van der Waals surface area (Å²) in [6.07, 6.45) is 2.61. The highest BCUT2D eigenvalue weighted by Gasteiger charge is 2.15. The van der Waals surface area contributed by atoms with Crippen LogP contribution in [0.25, 0.3) is 0 Å². The smallest absolute Gasteiger partial charge is 0.0839 e. The van der Waals surface area contributed by atoms with Crippen LogP contribution in [0.3, 0.4) is 0 Å². The lowest BCUT2D eigenvalue weighted by Gasteiger charge is -2.20. The Morgan fingerprint density at radius 2 is 1.95 bits per heavy atom. The molecule has 1 aromatic rings. The van der Waals surface area contributed by atoms with Gasteiger partial charge in [0.05, 0.1) is 18.6 Å². The Kier molecular flexibility index (Phi) is 5.20. The zero-order valence-corrected chi connectivity index (χ0v) is 11.2. The van der Waals surface area contributed by atoms with Crippen LogP contribution in [-0.2, 0) is 6.42 Å². The molecule has 1 fully saturated rings. The molecule has 0 aliphatic carbocycles. The third-order valence-corrected chi connectivity index (χ3v) is 3.45. The van der Waals surface area contributed by atoms with Crippen molar-refractivity contribution >= 4 is 5.69 Å². The van der Waals surface area contributed by atoms with Crippen molar-refractivity contribution < 1.29 is 5.11 Å². The second kappa shape index (κ2) is 7.13. The number of nitrogens with one attached hydrogen (secondary N) is 1. The minimum absolute atomic E-state index is 0.336. The van der Waals surface area contributed by atoms with Crippen LogP contribution in [-0.4, -0.2) is 42.3 Å². The number of hydrogen-bond acceptors (Lipinski definition) is 4. The molecular weight excluding hydrogens is 238 g/mol. The van der Waals surface area contributed by atoms with Gasteiger partial charge in [-0.1, -0.05) is 12.1 Å². The molecule has 4 nitrogen and oxygen atoms in total. The van der Waals surface area contributed by atoms with E-state index in [2.05, 4.69) is 16.3 Å². The Labute approximate surface area is 114 Å². The summed E-state index contributed by atoms with van der Waals surface area (Å²) < 4.78 is 0. The van der Waals surface area contributed by atoms with Crippen molar-refractivity contribution in [2.24, 2.45) is 0 Å². The Morgan fingerprint density at radius 3 is 2.58 bits per heavy atom. The van der Waals surface area contributed by atoms with Gasteiger partial charge in [-0.25, -0.2) is 0 Å². The summed E-state index contributed by atoms with van der Waals surface area (Å²) in [4.78, 5) is 2.31. The second-order valence-corrected chi connectivity index (χ2v) is 5.07. The van der Waals surface area contributed by atoms with E-state index in [0.717, 1.165) is 30.9 Å². The molecule has 1 aromatic carbocycles. The molecular formula is C15H21N3O. The van der Waals surface area contributed by atoms with Crippen molar-refractivity contribution in [3.63, 3.8) is 0 Å². The third-order valence-electron chi connectivity index (χ3n) is 3.45. The predicted molar refractivity (Wildman–Crippen MR) is 75.9 cm³/mol. The number of β-amino-alcohol motifs (C(OH)–C–C–N with tert-alkyl or cyclic N) is 1. The molecule has 1 aliphatic heterocycles. The highest BCUT2D eigenvalue weighted by molar-refractivity contribution is 5.45. The maximum absolute atomic E-state index is 9.96. The predicted octanol–water partition coefficient (Wildman–Crippen LogP) is 1.62. The molecule has 0 aromatic heterocycles. The normalized spacial score (nSPS) is 17.1. The number of benzene rings is 1. The first kappa shape index (κ1) is 13.9. The van der Waals surface area contributed by atoms with Gasteiger partial charge in [0.2, 0.25) is 0 Å². The molecule has 1 unspecified atom stereocenters. The summed E-state index contributed by atoms with van der Waals surface area (Å²) in [7, 11) is 0. The van der Waals surface area contributed by atoms with Crippen LogP contribution in [0.15, 0.2) is 24.3 Å². The van der Waals surface area contributed by atoms with Crippen molar-refractivity contribution in [1.82, 2.24) is 4.90 Å². The molecule has 0 bridgehead atoms. The van der Waals surface area contributed by atoms with E-state index < -0.39 is 0 Å². The number of aliphatic hydroxyl groups is 1. The number of likely N-dealkylation sites (tertiary alicyclic amines) is 1. The zero-order valence-electron chi connectivity index (χ0n) is 11.2. The standard InChI is InChI=1S/C15H21N3O/c16-8-7-13-3-5-14(6-4-13)17-11-15(19)12-18-9-1-2-10-18/h3-6,15,17,19H,1-2,7,9-12H2. The fraction of sp³-hybridized carbons (Fsp3) is 0.533. The van der Waals surface area contributed by atoms with Crippen LogP contribution in [0.1, 0.15) is 18.4 Å². The fourth-order valence-electron chi connectivity index (χ4n) is 2.40. The Balaban J connectivity index is 1.73. The molecule has 0 saturated carbocycles. The molecule has 1 atom stereocenters. The van der Waals surface area contributed by atoms with Gasteiger partial charge < -0.3 is 15.3 Å². The Morgan fingerprint density at radius 1 is 1.26 bits per heavy atom. The van der Waals surface area contributed by atoms with Gasteiger partial charge in [-0.15, -0.1) is 0 Å². The number of aliphatic hydroxyl groups excluding tert-OH is 1. The van der Waals surface area contributed by atoms with Gasteiger partial charge in [-0.2, -0.15) is 5.26 Å². The topological polar surface area (TPSA) is 59.3 Å². The maximum atomic E-state index is 9.96. The lowest BCUT2D eigenvalue weighted by atomic mass is 10.1. The van der Waals surface area contributed by atoms with E-state index in [1.54, 1.807) is 0 Å². The van der Waals surface area contributed by atoms with Crippen LogP contribution in [0.5, 0.6) is 0 Å². The molecule has 2 N–H and O–H groups in total. The van der Waals surface area contributed by atoms with Gasteiger partial charge >= 0.3 is 0 Å². The SMILES string of the molecule is N#CCc1ccc(NCC(O)CN2CCCC2)cc1. The molecule has 4 heteroatoms. The minimum Gasteiger partial charge on any atom is -0.390 e.